The second kappa shape index (κ2) is 8.47. The van der Waals surface area contributed by atoms with Gasteiger partial charge in [0.05, 0.1) is 20.6 Å². The Morgan fingerprint density at radius 3 is 2.33 bits per heavy atom. The Morgan fingerprint density at radius 2 is 1.78 bits per heavy atom. The number of amides is 1. The quantitative estimate of drug-likeness (QED) is 0.686. The number of rotatable bonds is 8. The van der Waals surface area contributed by atoms with Crippen molar-refractivity contribution in [3.8, 4) is 11.5 Å². The van der Waals surface area contributed by atoms with Crippen molar-refractivity contribution in [2.24, 2.45) is 0 Å². The molecule has 0 aromatic heterocycles. The van der Waals surface area contributed by atoms with E-state index in [0.717, 1.165) is 24.2 Å². The number of methoxy groups -OCH3 is 2. The fourth-order valence-corrected chi connectivity index (χ4v) is 3.27. The van der Waals surface area contributed by atoms with Crippen molar-refractivity contribution in [2.45, 2.75) is 51.6 Å². The van der Waals surface area contributed by atoms with E-state index < -0.39 is 0 Å². The second-order valence-corrected chi connectivity index (χ2v) is 7.50. The molecule has 1 aliphatic carbocycles. The van der Waals surface area contributed by atoms with Crippen LogP contribution in [0.2, 0.25) is 0 Å². The molecule has 0 unspecified atom stereocenters. The van der Waals surface area contributed by atoms with Gasteiger partial charge in [-0.2, -0.15) is 0 Å². The summed E-state index contributed by atoms with van der Waals surface area (Å²) in [5.41, 5.74) is 3.40. The van der Waals surface area contributed by atoms with Gasteiger partial charge in [0, 0.05) is 24.2 Å². The van der Waals surface area contributed by atoms with Crippen LogP contribution in [0.15, 0.2) is 42.5 Å². The molecule has 2 aromatic rings. The van der Waals surface area contributed by atoms with Crippen molar-refractivity contribution in [2.75, 3.05) is 14.2 Å². The van der Waals surface area contributed by atoms with Crippen LogP contribution in [0, 0.1) is 0 Å². The highest BCUT2D eigenvalue weighted by Crippen LogP contribution is 2.31. The van der Waals surface area contributed by atoms with E-state index in [4.69, 9.17) is 9.47 Å². The van der Waals surface area contributed by atoms with Crippen LogP contribution in [0.1, 0.15) is 49.3 Å². The van der Waals surface area contributed by atoms with E-state index in [0.29, 0.717) is 30.7 Å². The van der Waals surface area contributed by atoms with E-state index >= 15 is 0 Å². The zero-order valence-electron chi connectivity index (χ0n) is 16.7. The molecule has 0 spiro atoms. The summed E-state index contributed by atoms with van der Waals surface area (Å²) in [6.07, 6.45) is 2.53. The van der Waals surface area contributed by atoms with Crippen LogP contribution in [-0.4, -0.2) is 31.1 Å². The molecular formula is C23H29NO3. The summed E-state index contributed by atoms with van der Waals surface area (Å²) in [4.78, 5) is 15.1. The Morgan fingerprint density at radius 1 is 1.07 bits per heavy atom. The van der Waals surface area contributed by atoms with Crippen LogP contribution in [0.25, 0.3) is 0 Å². The molecule has 0 saturated heterocycles. The van der Waals surface area contributed by atoms with Crippen LogP contribution in [0.5, 0.6) is 11.5 Å². The van der Waals surface area contributed by atoms with Gasteiger partial charge in [0.2, 0.25) is 5.91 Å². The van der Waals surface area contributed by atoms with Gasteiger partial charge in [0.15, 0.2) is 0 Å². The predicted octanol–water partition coefficient (Wildman–Crippen LogP) is 4.56. The lowest BCUT2D eigenvalue weighted by atomic mass is 10.0. The summed E-state index contributed by atoms with van der Waals surface area (Å²) >= 11 is 0. The van der Waals surface area contributed by atoms with Crippen LogP contribution < -0.4 is 9.47 Å². The van der Waals surface area contributed by atoms with Crippen molar-refractivity contribution >= 4 is 5.91 Å². The van der Waals surface area contributed by atoms with Gasteiger partial charge in [-0.05, 0) is 36.0 Å². The van der Waals surface area contributed by atoms with Crippen LogP contribution >= 0.6 is 0 Å². The molecule has 4 nitrogen and oxygen atoms in total. The van der Waals surface area contributed by atoms with Crippen molar-refractivity contribution in [1.29, 1.82) is 0 Å². The number of carbonyl (C=O) groups excluding carboxylic acids is 1. The van der Waals surface area contributed by atoms with Gasteiger partial charge in [-0.15, -0.1) is 0 Å². The van der Waals surface area contributed by atoms with Crippen LogP contribution in [-0.2, 0) is 17.8 Å². The summed E-state index contributed by atoms with van der Waals surface area (Å²) in [5.74, 6) is 2.09. The second-order valence-electron chi connectivity index (χ2n) is 7.50. The number of nitrogens with zero attached hydrogens (tertiary/aromatic N) is 1. The summed E-state index contributed by atoms with van der Waals surface area (Å²) < 4.78 is 10.7. The Labute approximate surface area is 162 Å². The predicted molar refractivity (Wildman–Crippen MR) is 107 cm³/mol. The Kier molecular flexibility index (Phi) is 6.04. The minimum atomic E-state index is 0.147. The van der Waals surface area contributed by atoms with Gasteiger partial charge >= 0.3 is 0 Å². The normalized spacial score (nSPS) is 13.5. The Balaban J connectivity index is 1.72. The SMILES string of the molecule is COc1ccc(CC(=O)N(Cc2ccc(C(C)C)cc2)C2CC2)c(OC)c1. The van der Waals surface area contributed by atoms with E-state index in [1.54, 1.807) is 14.2 Å². The highest BCUT2D eigenvalue weighted by molar-refractivity contribution is 5.80. The van der Waals surface area contributed by atoms with E-state index in [9.17, 15) is 4.79 Å². The molecular weight excluding hydrogens is 338 g/mol. The first-order valence-corrected chi connectivity index (χ1v) is 9.61. The molecule has 27 heavy (non-hydrogen) atoms. The lowest BCUT2D eigenvalue weighted by molar-refractivity contribution is -0.131. The van der Waals surface area contributed by atoms with Crippen molar-refractivity contribution < 1.29 is 14.3 Å². The zero-order valence-corrected chi connectivity index (χ0v) is 16.7. The van der Waals surface area contributed by atoms with Crippen molar-refractivity contribution in [3.63, 3.8) is 0 Å². The Hall–Kier alpha value is -2.49. The fraction of sp³-hybridized carbons (Fsp3) is 0.435. The van der Waals surface area contributed by atoms with E-state index in [1.165, 1.54) is 11.1 Å². The topological polar surface area (TPSA) is 38.8 Å². The lowest BCUT2D eigenvalue weighted by Gasteiger charge is -2.23. The van der Waals surface area contributed by atoms with Gasteiger partial charge in [-0.25, -0.2) is 0 Å². The molecule has 1 fully saturated rings. The van der Waals surface area contributed by atoms with Gasteiger partial charge in [0.25, 0.3) is 0 Å². The highest BCUT2D eigenvalue weighted by Gasteiger charge is 2.32. The Bertz CT molecular complexity index is 779. The average Bonchev–Trinajstić information content (AvgIpc) is 3.51. The summed E-state index contributed by atoms with van der Waals surface area (Å²) in [7, 11) is 3.25. The summed E-state index contributed by atoms with van der Waals surface area (Å²) in [6.45, 7) is 5.05. The molecule has 1 saturated carbocycles. The summed E-state index contributed by atoms with van der Waals surface area (Å²) in [6, 6.07) is 14.6. The number of ether oxygens (including phenoxy) is 2. The third kappa shape index (κ3) is 4.82. The third-order valence-electron chi connectivity index (χ3n) is 5.14. The van der Waals surface area contributed by atoms with Crippen molar-refractivity contribution in [1.82, 2.24) is 4.90 Å². The molecule has 0 atom stereocenters. The van der Waals surface area contributed by atoms with Gasteiger partial charge in [0.1, 0.15) is 11.5 Å². The summed E-state index contributed by atoms with van der Waals surface area (Å²) in [5, 5.41) is 0. The standard InChI is InChI=1S/C23H29NO3/c1-16(2)18-7-5-17(6-8-18)15-24(20-10-11-20)23(25)13-19-9-12-21(26-3)14-22(19)27-4/h5-9,12,14,16,20H,10-11,13,15H2,1-4H3. The van der Waals surface area contributed by atoms with E-state index in [-0.39, 0.29) is 5.91 Å². The molecule has 0 heterocycles. The molecule has 1 aliphatic rings. The minimum absolute atomic E-state index is 0.147. The maximum atomic E-state index is 13.0. The molecule has 1 amide bonds. The zero-order chi connectivity index (χ0) is 19.4. The number of carbonyl (C=O) groups is 1. The molecule has 144 valence electrons. The largest absolute Gasteiger partial charge is 0.497 e. The van der Waals surface area contributed by atoms with Gasteiger partial charge < -0.3 is 14.4 Å². The molecule has 0 aliphatic heterocycles. The highest BCUT2D eigenvalue weighted by atomic mass is 16.5. The monoisotopic (exact) mass is 367 g/mol. The van der Waals surface area contributed by atoms with Crippen LogP contribution in [0.3, 0.4) is 0 Å². The minimum Gasteiger partial charge on any atom is -0.497 e. The first-order valence-electron chi connectivity index (χ1n) is 9.61. The molecule has 0 radical (unpaired) electrons. The third-order valence-corrected chi connectivity index (χ3v) is 5.14. The van der Waals surface area contributed by atoms with Crippen molar-refractivity contribution in [3.05, 3.63) is 59.2 Å². The maximum Gasteiger partial charge on any atom is 0.227 e. The molecule has 0 N–H and O–H groups in total. The maximum absolute atomic E-state index is 13.0. The van der Waals surface area contributed by atoms with Gasteiger partial charge in [-0.3, -0.25) is 4.79 Å². The number of hydrogen-bond acceptors (Lipinski definition) is 3. The number of hydrogen-bond donors (Lipinski definition) is 0. The lowest BCUT2D eigenvalue weighted by Crippen LogP contribution is -2.33. The van der Waals surface area contributed by atoms with E-state index in [1.807, 2.05) is 23.1 Å². The number of benzene rings is 2. The smallest absolute Gasteiger partial charge is 0.227 e. The van der Waals surface area contributed by atoms with E-state index in [2.05, 4.69) is 38.1 Å². The molecule has 3 rings (SSSR count). The molecule has 2 aromatic carbocycles. The molecule has 0 bridgehead atoms. The van der Waals surface area contributed by atoms with Crippen LogP contribution in [0.4, 0.5) is 0 Å². The molecule has 4 heteroatoms. The first-order chi connectivity index (χ1) is 13.0. The average molecular weight is 367 g/mol. The fourth-order valence-electron chi connectivity index (χ4n) is 3.27. The first kappa shape index (κ1) is 19.3. The van der Waals surface area contributed by atoms with Gasteiger partial charge in [-0.1, -0.05) is 44.2 Å².